The number of carbonyl (C=O) groups is 1. The van der Waals surface area contributed by atoms with Crippen LogP contribution in [-0.2, 0) is 4.79 Å². The van der Waals surface area contributed by atoms with Crippen molar-refractivity contribution >= 4 is 5.91 Å². The molecule has 2 N–H and O–H groups in total. The highest BCUT2D eigenvalue weighted by atomic mass is 16.2. The van der Waals surface area contributed by atoms with Crippen LogP contribution in [0.25, 0.3) is 0 Å². The molecule has 0 aromatic carbocycles. The lowest BCUT2D eigenvalue weighted by Crippen LogP contribution is -2.49. The number of hydrogen-bond acceptors (Lipinski definition) is 2. The van der Waals surface area contributed by atoms with E-state index in [1.165, 1.54) is 12.8 Å². The average molecular weight is 224 g/mol. The predicted octanol–water partition coefficient (Wildman–Crippen LogP) is 1.54. The van der Waals surface area contributed by atoms with Gasteiger partial charge < -0.3 is 10.6 Å². The molecule has 1 aliphatic carbocycles. The third-order valence-electron chi connectivity index (χ3n) is 4.43. The standard InChI is InChI=1S/C13H24N2O/c1-9(2)13(6-7-14-8-13)12(16)15-10(3)11-4-5-11/h9-11,14H,4-8H2,1-3H3,(H,15,16). The maximum atomic E-state index is 12.4. The van der Waals surface area contributed by atoms with Crippen molar-refractivity contribution in [2.45, 2.75) is 46.1 Å². The molecular weight excluding hydrogens is 200 g/mol. The molecule has 3 nitrogen and oxygen atoms in total. The van der Waals surface area contributed by atoms with E-state index in [1.807, 2.05) is 0 Å². The Morgan fingerprint density at radius 2 is 2.06 bits per heavy atom. The minimum Gasteiger partial charge on any atom is -0.353 e. The van der Waals surface area contributed by atoms with Gasteiger partial charge in [-0.1, -0.05) is 13.8 Å². The van der Waals surface area contributed by atoms with Crippen LogP contribution in [-0.4, -0.2) is 25.0 Å². The van der Waals surface area contributed by atoms with Gasteiger partial charge in [0.15, 0.2) is 0 Å². The Labute approximate surface area is 98.4 Å². The summed E-state index contributed by atoms with van der Waals surface area (Å²) in [7, 11) is 0. The summed E-state index contributed by atoms with van der Waals surface area (Å²) < 4.78 is 0. The highest BCUT2D eigenvalue weighted by Crippen LogP contribution is 2.36. The highest BCUT2D eigenvalue weighted by molar-refractivity contribution is 5.83. The molecule has 0 aromatic heterocycles. The third-order valence-corrected chi connectivity index (χ3v) is 4.43. The van der Waals surface area contributed by atoms with Gasteiger partial charge in [0.2, 0.25) is 5.91 Å². The van der Waals surface area contributed by atoms with Crippen LogP contribution in [0.4, 0.5) is 0 Å². The van der Waals surface area contributed by atoms with Crippen molar-refractivity contribution in [1.82, 2.24) is 10.6 Å². The monoisotopic (exact) mass is 224 g/mol. The fourth-order valence-electron chi connectivity index (χ4n) is 2.72. The van der Waals surface area contributed by atoms with Gasteiger partial charge in [-0.15, -0.1) is 0 Å². The molecule has 1 saturated carbocycles. The van der Waals surface area contributed by atoms with Gasteiger partial charge in [-0.05, 0) is 44.6 Å². The maximum Gasteiger partial charge on any atom is 0.228 e. The Kier molecular flexibility index (Phi) is 3.24. The second-order valence-corrected chi connectivity index (χ2v) is 5.84. The molecule has 1 amide bonds. The third kappa shape index (κ3) is 2.10. The zero-order valence-corrected chi connectivity index (χ0v) is 10.7. The lowest BCUT2D eigenvalue weighted by atomic mass is 9.75. The highest BCUT2D eigenvalue weighted by Gasteiger charge is 2.45. The zero-order chi connectivity index (χ0) is 11.8. The molecule has 0 bridgehead atoms. The summed E-state index contributed by atoms with van der Waals surface area (Å²) in [5, 5.41) is 6.56. The molecule has 2 rings (SSSR count). The van der Waals surface area contributed by atoms with Crippen LogP contribution in [0.3, 0.4) is 0 Å². The van der Waals surface area contributed by atoms with E-state index in [1.54, 1.807) is 0 Å². The molecule has 1 saturated heterocycles. The van der Waals surface area contributed by atoms with E-state index in [2.05, 4.69) is 31.4 Å². The first-order valence-corrected chi connectivity index (χ1v) is 6.58. The first-order chi connectivity index (χ1) is 7.56. The van der Waals surface area contributed by atoms with Crippen LogP contribution in [0.15, 0.2) is 0 Å². The van der Waals surface area contributed by atoms with E-state index in [4.69, 9.17) is 0 Å². The molecule has 2 atom stereocenters. The van der Waals surface area contributed by atoms with E-state index in [0.717, 1.165) is 25.4 Å². The smallest absolute Gasteiger partial charge is 0.228 e. The van der Waals surface area contributed by atoms with Crippen molar-refractivity contribution in [3.05, 3.63) is 0 Å². The molecule has 0 spiro atoms. The zero-order valence-electron chi connectivity index (χ0n) is 10.7. The lowest BCUT2D eigenvalue weighted by Gasteiger charge is -2.32. The molecule has 0 radical (unpaired) electrons. The summed E-state index contributed by atoms with van der Waals surface area (Å²) in [5.74, 6) is 1.42. The summed E-state index contributed by atoms with van der Waals surface area (Å²) in [6.07, 6.45) is 3.55. The molecule has 0 aromatic rings. The maximum absolute atomic E-state index is 12.4. The SMILES string of the molecule is CC(NC(=O)C1(C(C)C)CCNC1)C1CC1. The lowest BCUT2D eigenvalue weighted by molar-refractivity contribution is -0.133. The minimum atomic E-state index is -0.164. The van der Waals surface area contributed by atoms with Gasteiger partial charge in [-0.2, -0.15) is 0 Å². The summed E-state index contributed by atoms with van der Waals surface area (Å²) in [6, 6.07) is 0.365. The van der Waals surface area contributed by atoms with Crippen molar-refractivity contribution < 1.29 is 4.79 Å². The van der Waals surface area contributed by atoms with Crippen molar-refractivity contribution in [2.75, 3.05) is 13.1 Å². The summed E-state index contributed by atoms with van der Waals surface area (Å²) in [4.78, 5) is 12.4. The summed E-state index contributed by atoms with van der Waals surface area (Å²) >= 11 is 0. The van der Waals surface area contributed by atoms with Crippen LogP contribution in [0.1, 0.15) is 40.0 Å². The number of hydrogen-bond donors (Lipinski definition) is 2. The van der Waals surface area contributed by atoms with Crippen LogP contribution in [0, 0.1) is 17.3 Å². The van der Waals surface area contributed by atoms with E-state index >= 15 is 0 Å². The van der Waals surface area contributed by atoms with Gasteiger partial charge in [0.25, 0.3) is 0 Å². The van der Waals surface area contributed by atoms with Gasteiger partial charge in [-0.25, -0.2) is 0 Å². The van der Waals surface area contributed by atoms with Gasteiger partial charge in [0.05, 0.1) is 5.41 Å². The fraction of sp³-hybridized carbons (Fsp3) is 0.923. The molecule has 1 heterocycles. The number of amides is 1. The molecule has 2 aliphatic rings. The van der Waals surface area contributed by atoms with Gasteiger partial charge in [0.1, 0.15) is 0 Å². The van der Waals surface area contributed by atoms with Crippen molar-refractivity contribution in [3.63, 3.8) is 0 Å². The quantitative estimate of drug-likeness (QED) is 0.760. The second kappa shape index (κ2) is 4.36. The topological polar surface area (TPSA) is 41.1 Å². The van der Waals surface area contributed by atoms with E-state index < -0.39 is 0 Å². The minimum absolute atomic E-state index is 0.164. The van der Waals surface area contributed by atoms with Gasteiger partial charge >= 0.3 is 0 Å². The second-order valence-electron chi connectivity index (χ2n) is 5.84. The van der Waals surface area contributed by atoms with Crippen LogP contribution in [0.2, 0.25) is 0 Å². The van der Waals surface area contributed by atoms with Crippen LogP contribution < -0.4 is 10.6 Å². The first-order valence-electron chi connectivity index (χ1n) is 6.58. The van der Waals surface area contributed by atoms with E-state index in [-0.39, 0.29) is 11.3 Å². The molecule has 3 heteroatoms. The molecule has 2 fully saturated rings. The Balaban J connectivity index is 1.99. The molecule has 16 heavy (non-hydrogen) atoms. The summed E-state index contributed by atoms with van der Waals surface area (Å²) in [5.41, 5.74) is -0.164. The molecule has 2 unspecified atom stereocenters. The Hall–Kier alpha value is -0.570. The number of rotatable bonds is 4. The van der Waals surface area contributed by atoms with Crippen molar-refractivity contribution in [1.29, 1.82) is 0 Å². The van der Waals surface area contributed by atoms with Crippen LogP contribution >= 0.6 is 0 Å². The first kappa shape index (κ1) is 11.9. The Bertz CT molecular complexity index is 265. The van der Waals surface area contributed by atoms with Crippen molar-refractivity contribution in [3.8, 4) is 0 Å². The average Bonchev–Trinajstić information content (AvgIpc) is 2.95. The normalized spacial score (nSPS) is 31.8. The Morgan fingerprint density at radius 1 is 1.38 bits per heavy atom. The molecule has 92 valence electrons. The number of carbonyl (C=O) groups excluding carboxylic acids is 1. The molecular formula is C13H24N2O. The molecule has 1 aliphatic heterocycles. The predicted molar refractivity (Wildman–Crippen MR) is 65.1 cm³/mol. The van der Waals surface area contributed by atoms with E-state index in [0.29, 0.717) is 12.0 Å². The largest absolute Gasteiger partial charge is 0.353 e. The van der Waals surface area contributed by atoms with Crippen molar-refractivity contribution in [2.24, 2.45) is 17.3 Å². The van der Waals surface area contributed by atoms with Crippen LogP contribution in [0.5, 0.6) is 0 Å². The number of nitrogens with one attached hydrogen (secondary N) is 2. The van der Waals surface area contributed by atoms with Gasteiger partial charge in [0, 0.05) is 12.6 Å². The van der Waals surface area contributed by atoms with E-state index in [9.17, 15) is 4.79 Å². The Morgan fingerprint density at radius 3 is 2.50 bits per heavy atom. The fourth-order valence-corrected chi connectivity index (χ4v) is 2.72. The van der Waals surface area contributed by atoms with Gasteiger partial charge in [-0.3, -0.25) is 4.79 Å². The summed E-state index contributed by atoms with van der Waals surface area (Å²) in [6.45, 7) is 8.28.